The second kappa shape index (κ2) is 8.34. The average molecular weight is 241 g/mol. The normalized spacial score (nSPS) is 18.8. The van der Waals surface area contributed by atoms with Crippen LogP contribution in [0.1, 0.15) is 51.4 Å². The fourth-order valence-corrected chi connectivity index (χ4v) is 2.64. The molecule has 0 aromatic rings. The van der Waals surface area contributed by atoms with E-state index in [1.165, 1.54) is 38.6 Å². The summed E-state index contributed by atoms with van der Waals surface area (Å²) in [5, 5.41) is 11.4. The maximum atomic E-state index is 8.41. The number of nitrogens with two attached hydrogens (primary N) is 1. The molecule has 0 saturated heterocycles. The zero-order valence-corrected chi connectivity index (χ0v) is 11.1. The van der Waals surface area contributed by atoms with Crippen LogP contribution in [0.3, 0.4) is 0 Å². The summed E-state index contributed by atoms with van der Waals surface area (Å²) in [5.74, 6) is 1.26. The molecule has 0 atom stereocenters. The van der Waals surface area contributed by atoms with E-state index in [0.29, 0.717) is 12.3 Å². The first-order chi connectivity index (χ1) is 8.22. The van der Waals surface area contributed by atoms with Crippen molar-refractivity contribution in [2.45, 2.75) is 51.4 Å². The zero-order valence-electron chi connectivity index (χ0n) is 11.1. The van der Waals surface area contributed by atoms with E-state index in [4.69, 9.17) is 10.9 Å². The molecule has 0 aromatic carbocycles. The number of rotatable bonds is 7. The standard InChI is InChI=1S/C13H27N3O/c1-16(10-6-5-9-13(14)15-17)11-12-7-3-2-4-8-12/h12,17H,2-11H2,1H3,(H2,14,15). The van der Waals surface area contributed by atoms with Gasteiger partial charge < -0.3 is 15.8 Å². The summed E-state index contributed by atoms with van der Waals surface area (Å²) in [6.45, 7) is 2.36. The number of hydrogen-bond acceptors (Lipinski definition) is 3. The van der Waals surface area contributed by atoms with Gasteiger partial charge in [-0.1, -0.05) is 24.4 Å². The van der Waals surface area contributed by atoms with Crippen LogP contribution in [-0.4, -0.2) is 36.1 Å². The smallest absolute Gasteiger partial charge is 0.139 e. The lowest BCUT2D eigenvalue weighted by atomic mass is 9.89. The highest BCUT2D eigenvalue weighted by Gasteiger charge is 2.14. The number of hydrogen-bond donors (Lipinski definition) is 2. The van der Waals surface area contributed by atoms with E-state index >= 15 is 0 Å². The Bertz CT molecular complexity index is 225. The van der Waals surface area contributed by atoms with Gasteiger partial charge in [-0.05, 0) is 45.2 Å². The maximum absolute atomic E-state index is 8.41. The van der Waals surface area contributed by atoms with Gasteiger partial charge in [0, 0.05) is 13.0 Å². The fourth-order valence-electron chi connectivity index (χ4n) is 2.64. The minimum absolute atomic E-state index is 0.347. The third-order valence-corrected chi connectivity index (χ3v) is 3.65. The molecule has 100 valence electrons. The van der Waals surface area contributed by atoms with Crippen LogP contribution in [0.4, 0.5) is 0 Å². The molecular formula is C13H27N3O. The van der Waals surface area contributed by atoms with Crippen LogP contribution in [0.25, 0.3) is 0 Å². The van der Waals surface area contributed by atoms with Crippen molar-refractivity contribution in [1.29, 1.82) is 0 Å². The third kappa shape index (κ3) is 6.51. The van der Waals surface area contributed by atoms with Gasteiger partial charge in [0.2, 0.25) is 0 Å². The SMILES string of the molecule is CN(CCCCC(N)=NO)CC1CCCCC1. The van der Waals surface area contributed by atoms with Gasteiger partial charge in [-0.25, -0.2) is 0 Å². The molecule has 3 N–H and O–H groups in total. The summed E-state index contributed by atoms with van der Waals surface area (Å²) in [4.78, 5) is 2.43. The molecule has 0 heterocycles. The van der Waals surface area contributed by atoms with Crippen LogP contribution in [0.2, 0.25) is 0 Å². The minimum atomic E-state index is 0.347. The van der Waals surface area contributed by atoms with Gasteiger partial charge in [-0.15, -0.1) is 0 Å². The first kappa shape index (κ1) is 14.3. The van der Waals surface area contributed by atoms with Crippen molar-refractivity contribution in [1.82, 2.24) is 4.90 Å². The number of unbranched alkanes of at least 4 members (excludes halogenated alkanes) is 1. The molecule has 0 unspecified atom stereocenters. The van der Waals surface area contributed by atoms with Crippen LogP contribution in [0.15, 0.2) is 5.16 Å². The van der Waals surface area contributed by atoms with Crippen molar-refractivity contribution in [3.63, 3.8) is 0 Å². The Labute approximate surface area is 105 Å². The Kier molecular flexibility index (Phi) is 7.01. The van der Waals surface area contributed by atoms with E-state index in [-0.39, 0.29) is 0 Å². The largest absolute Gasteiger partial charge is 0.409 e. The maximum Gasteiger partial charge on any atom is 0.139 e. The van der Waals surface area contributed by atoms with Crippen molar-refractivity contribution in [2.75, 3.05) is 20.1 Å². The average Bonchev–Trinajstić information content (AvgIpc) is 2.35. The van der Waals surface area contributed by atoms with Gasteiger partial charge in [-0.2, -0.15) is 0 Å². The van der Waals surface area contributed by atoms with Crippen molar-refractivity contribution in [3.8, 4) is 0 Å². The summed E-state index contributed by atoms with van der Waals surface area (Å²) in [7, 11) is 2.21. The van der Waals surface area contributed by atoms with Crippen molar-refractivity contribution >= 4 is 5.84 Å². The summed E-state index contributed by atoms with van der Waals surface area (Å²) in [5.41, 5.74) is 5.43. The monoisotopic (exact) mass is 241 g/mol. The molecule has 1 saturated carbocycles. The minimum Gasteiger partial charge on any atom is -0.409 e. The lowest BCUT2D eigenvalue weighted by Gasteiger charge is -2.26. The molecule has 1 rings (SSSR count). The van der Waals surface area contributed by atoms with Gasteiger partial charge in [0.15, 0.2) is 0 Å². The number of nitrogens with zero attached hydrogens (tertiary/aromatic N) is 2. The van der Waals surface area contributed by atoms with E-state index in [1.54, 1.807) is 0 Å². The van der Waals surface area contributed by atoms with E-state index in [1.807, 2.05) is 0 Å². The molecule has 0 bridgehead atoms. The van der Waals surface area contributed by atoms with Crippen LogP contribution in [-0.2, 0) is 0 Å². The van der Waals surface area contributed by atoms with Gasteiger partial charge in [0.1, 0.15) is 5.84 Å². The predicted octanol–water partition coefficient (Wildman–Crippen LogP) is 2.42. The van der Waals surface area contributed by atoms with Crippen molar-refractivity contribution < 1.29 is 5.21 Å². The van der Waals surface area contributed by atoms with E-state index in [0.717, 1.165) is 25.3 Å². The highest BCUT2D eigenvalue weighted by molar-refractivity contribution is 5.79. The Morgan fingerprint density at radius 3 is 2.65 bits per heavy atom. The predicted molar refractivity (Wildman–Crippen MR) is 71.3 cm³/mol. The molecule has 0 radical (unpaired) electrons. The summed E-state index contributed by atoms with van der Waals surface area (Å²) < 4.78 is 0. The first-order valence-corrected chi connectivity index (χ1v) is 6.87. The first-order valence-electron chi connectivity index (χ1n) is 6.87. The van der Waals surface area contributed by atoms with E-state index in [9.17, 15) is 0 Å². The Balaban J connectivity index is 2.02. The molecule has 1 fully saturated rings. The molecule has 4 nitrogen and oxygen atoms in total. The second-order valence-electron chi connectivity index (χ2n) is 5.31. The third-order valence-electron chi connectivity index (χ3n) is 3.65. The highest BCUT2D eigenvalue weighted by atomic mass is 16.4. The zero-order chi connectivity index (χ0) is 12.5. The molecule has 4 heteroatoms. The van der Waals surface area contributed by atoms with Crippen LogP contribution in [0, 0.1) is 5.92 Å². The van der Waals surface area contributed by atoms with Gasteiger partial charge in [-0.3, -0.25) is 0 Å². The number of amidine groups is 1. The summed E-state index contributed by atoms with van der Waals surface area (Å²) in [6, 6.07) is 0. The molecule has 1 aliphatic carbocycles. The van der Waals surface area contributed by atoms with Gasteiger partial charge in [0.25, 0.3) is 0 Å². The van der Waals surface area contributed by atoms with Crippen LogP contribution >= 0.6 is 0 Å². The Morgan fingerprint density at radius 1 is 1.29 bits per heavy atom. The Morgan fingerprint density at radius 2 is 2.00 bits per heavy atom. The molecule has 17 heavy (non-hydrogen) atoms. The van der Waals surface area contributed by atoms with Crippen molar-refractivity contribution in [3.05, 3.63) is 0 Å². The fraction of sp³-hybridized carbons (Fsp3) is 0.923. The van der Waals surface area contributed by atoms with E-state index in [2.05, 4.69) is 17.1 Å². The molecule has 0 spiro atoms. The van der Waals surface area contributed by atoms with Crippen LogP contribution < -0.4 is 5.73 Å². The van der Waals surface area contributed by atoms with Crippen LogP contribution in [0.5, 0.6) is 0 Å². The molecule has 0 amide bonds. The highest BCUT2D eigenvalue weighted by Crippen LogP contribution is 2.24. The topological polar surface area (TPSA) is 61.8 Å². The quantitative estimate of drug-likeness (QED) is 0.236. The Hall–Kier alpha value is -0.770. The molecule has 0 aliphatic heterocycles. The lowest BCUT2D eigenvalue weighted by Crippen LogP contribution is -2.28. The second-order valence-corrected chi connectivity index (χ2v) is 5.31. The summed E-state index contributed by atoms with van der Waals surface area (Å²) >= 11 is 0. The van der Waals surface area contributed by atoms with Gasteiger partial charge >= 0.3 is 0 Å². The summed E-state index contributed by atoms with van der Waals surface area (Å²) in [6.07, 6.45) is 9.92. The molecular weight excluding hydrogens is 214 g/mol. The van der Waals surface area contributed by atoms with Crippen molar-refractivity contribution in [2.24, 2.45) is 16.8 Å². The lowest BCUT2D eigenvalue weighted by molar-refractivity contribution is 0.231. The van der Waals surface area contributed by atoms with E-state index < -0.39 is 0 Å². The molecule has 1 aliphatic rings. The number of oxime groups is 1. The van der Waals surface area contributed by atoms with Gasteiger partial charge in [0.05, 0.1) is 0 Å². The molecule has 0 aromatic heterocycles.